The predicted molar refractivity (Wildman–Crippen MR) is 107 cm³/mol. The fourth-order valence-corrected chi connectivity index (χ4v) is 3.56. The average molecular weight is 406 g/mol. The maximum atomic E-state index is 12.8. The van der Waals surface area contributed by atoms with Gasteiger partial charge in [0.05, 0.1) is 0 Å². The van der Waals surface area contributed by atoms with Crippen LogP contribution in [0, 0.1) is 5.82 Å². The maximum Gasteiger partial charge on any atom is 0.239 e. The second-order valence-electron chi connectivity index (χ2n) is 6.44. The van der Waals surface area contributed by atoms with Crippen LogP contribution in [0.1, 0.15) is 25.3 Å². The molecule has 0 heterocycles. The van der Waals surface area contributed by atoms with Crippen molar-refractivity contribution in [1.82, 2.24) is 0 Å². The highest BCUT2D eigenvalue weighted by atomic mass is 32.2. The van der Waals surface area contributed by atoms with Gasteiger partial charge in [0.1, 0.15) is 17.3 Å². The molecule has 6 nitrogen and oxygen atoms in total. The van der Waals surface area contributed by atoms with Crippen molar-refractivity contribution in [2.75, 3.05) is 22.1 Å². The second kappa shape index (κ2) is 9.98. The van der Waals surface area contributed by atoms with Gasteiger partial charge >= 0.3 is 0 Å². The zero-order valence-electron chi connectivity index (χ0n) is 15.6. The molecule has 0 saturated heterocycles. The van der Waals surface area contributed by atoms with Gasteiger partial charge in [-0.2, -0.15) is 0 Å². The molecule has 0 fully saturated rings. The van der Waals surface area contributed by atoms with Crippen molar-refractivity contribution in [3.8, 4) is 0 Å². The van der Waals surface area contributed by atoms with Crippen LogP contribution in [0.4, 0.5) is 15.8 Å². The van der Waals surface area contributed by atoms with E-state index in [-0.39, 0.29) is 5.69 Å². The fourth-order valence-electron chi connectivity index (χ4n) is 2.51. The summed E-state index contributed by atoms with van der Waals surface area (Å²) in [6.45, 7) is 2.11. The number of rotatable bonds is 9. The second-order valence-corrected chi connectivity index (χ2v) is 8.50. The topological polar surface area (TPSA) is 92.3 Å². The minimum absolute atomic E-state index is 0.272. The van der Waals surface area contributed by atoms with Gasteiger partial charge in [0.15, 0.2) is 9.84 Å². The van der Waals surface area contributed by atoms with Crippen molar-refractivity contribution in [2.24, 2.45) is 0 Å². The SMILES string of the molecule is CCCCc1ccc(NC(=O)CS(=O)(=O)CC(=O)Nc2ccc(F)cc2)cc1. The number of unbranched alkanes of at least 4 members (excludes halogenated alkanes) is 1. The number of amides is 2. The molecule has 0 unspecified atom stereocenters. The first-order valence-electron chi connectivity index (χ1n) is 8.92. The van der Waals surface area contributed by atoms with E-state index >= 15 is 0 Å². The van der Waals surface area contributed by atoms with Crippen LogP contribution < -0.4 is 10.6 Å². The zero-order valence-corrected chi connectivity index (χ0v) is 16.4. The van der Waals surface area contributed by atoms with Crippen molar-refractivity contribution >= 4 is 33.0 Å². The van der Waals surface area contributed by atoms with E-state index in [0.717, 1.165) is 37.0 Å². The molecule has 0 saturated carbocycles. The van der Waals surface area contributed by atoms with Crippen LogP contribution in [0.5, 0.6) is 0 Å². The third-order valence-electron chi connectivity index (χ3n) is 3.89. The van der Waals surface area contributed by atoms with E-state index in [0.29, 0.717) is 5.69 Å². The molecule has 0 spiro atoms. The normalized spacial score (nSPS) is 11.1. The minimum Gasteiger partial charge on any atom is -0.325 e. The zero-order chi connectivity index (χ0) is 20.6. The summed E-state index contributed by atoms with van der Waals surface area (Å²) in [5.41, 5.74) is 1.91. The quantitative estimate of drug-likeness (QED) is 0.669. The van der Waals surface area contributed by atoms with E-state index in [9.17, 15) is 22.4 Å². The highest BCUT2D eigenvalue weighted by molar-refractivity contribution is 7.92. The van der Waals surface area contributed by atoms with Crippen LogP contribution in [0.3, 0.4) is 0 Å². The summed E-state index contributed by atoms with van der Waals surface area (Å²) in [5.74, 6) is -3.62. The number of hydrogen-bond acceptors (Lipinski definition) is 4. The van der Waals surface area contributed by atoms with E-state index in [2.05, 4.69) is 17.6 Å². The lowest BCUT2D eigenvalue weighted by Gasteiger charge is -2.08. The van der Waals surface area contributed by atoms with Crippen LogP contribution in [-0.4, -0.2) is 31.7 Å². The Balaban J connectivity index is 1.85. The molecule has 0 radical (unpaired) electrons. The van der Waals surface area contributed by atoms with Crippen molar-refractivity contribution in [3.05, 3.63) is 59.9 Å². The number of benzene rings is 2. The van der Waals surface area contributed by atoms with Crippen molar-refractivity contribution in [2.45, 2.75) is 26.2 Å². The number of nitrogens with one attached hydrogen (secondary N) is 2. The molecule has 2 aromatic carbocycles. The van der Waals surface area contributed by atoms with Crippen LogP contribution in [0.15, 0.2) is 48.5 Å². The average Bonchev–Trinajstić information content (AvgIpc) is 2.62. The molecule has 0 bridgehead atoms. The molecule has 150 valence electrons. The van der Waals surface area contributed by atoms with Crippen LogP contribution in [0.25, 0.3) is 0 Å². The maximum absolute atomic E-state index is 12.8. The van der Waals surface area contributed by atoms with E-state index < -0.39 is 39.0 Å². The lowest BCUT2D eigenvalue weighted by atomic mass is 10.1. The van der Waals surface area contributed by atoms with Gasteiger partial charge in [-0.15, -0.1) is 0 Å². The van der Waals surface area contributed by atoms with Crippen LogP contribution in [0.2, 0.25) is 0 Å². The summed E-state index contributed by atoms with van der Waals surface area (Å²) in [5, 5.41) is 4.87. The van der Waals surface area contributed by atoms with E-state index in [1.807, 2.05) is 12.1 Å². The first kappa shape index (κ1) is 21.6. The van der Waals surface area contributed by atoms with Crippen molar-refractivity contribution in [1.29, 1.82) is 0 Å². The molecule has 0 aliphatic carbocycles. The Morgan fingerprint density at radius 1 is 0.857 bits per heavy atom. The molecule has 0 atom stereocenters. The van der Waals surface area contributed by atoms with Crippen molar-refractivity contribution in [3.63, 3.8) is 0 Å². The Labute approximate surface area is 164 Å². The largest absolute Gasteiger partial charge is 0.325 e. The lowest BCUT2D eigenvalue weighted by Crippen LogP contribution is -2.30. The Hall–Kier alpha value is -2.74. The Kier molecular flexibility index (Phi) is 7.69. The highest BCUT2D eigenvalue weighted by Gasteiger charge is 2.21. The molecule has 2 amide bonds. The van der Waals surface area contributed by atoms with Crippen LogP contribution >= 0.6 is 0 Å². The van der Waals surface area contributed by atoms with Gasteiger partial charge in [-0.1, -0.05) is 25.5 Å². The standard InChI is InChI=1S/C20H23FN2O4S/c1-2-3-4-15-5-9-17(10-6-15)22-19(24)13-28(26,27)14-20(25)23-18-11-7-16(21)8-12-18/h5-12H,2-4,13-14H2,1H3,(H,22,24)(H,23,25). The van der Waals surface area contributed by atoms with Crippen molar-refractivity contribution < 1.29 is 22.4 Å². The fraction of sp³-hybridized carbons (Fsp3) is 0.300. The Morgan fingerprint density at radius 2 is 1.32 bits per heavy atom. The summed E-state index contributed by atoms with van der Waals surface area (Å²) in [4.78, 5) is 23.9. The number of sulfone groups is 1. The number of halogens is 1. The van der Waals surface area contributed by atoms with Gasteiger partial charge in [0, 0.05) is 11.4 Å². The summed E-state index contributed by atoms with van der Waals surface area (Å²) in [7, 11) is -3.95. The minimum atomic E-state index is -3.95. The first-order valence-corrected chi connectivity index (χ1v) is 10.7. The third kappa shape index (κ3) is 7.48. The van der Waals surface area contributed by atoms with E-state index in [1.54, 1.807) is 12.1 Å². The number of anilines is 2. The summed E-state index contributed by atoms with van der Waals surface area (Å²) >= 11 is 0. The molecule has 28 heavy (non-hydrogen) atoms. The summed E-state index contributed by atoms with van der Waals surface area (Å²) in [6, 6.07) is 12.1. The summed E-state index contributed by atoms with van der Waals surface area (Å²) < 4.78 is 37.0. The van der Waals surface area contributed by atoms with Gasteiger partial charge in [-0.05, 0) is 54.8 Å². The molecule has 2 rings (SSSR count). The smallest absolute Gasteiger partial charge is 0.239 e. The molecular formula is C20H23FN2O4S. The van der Waals surface area contributed by atoms with Gasteiger partial charge < -0.3 is 10.6 Å². The van der Waals surface area contributed by atoms with Gasteiger partial charge in [-0.3, -0.25) is 9.59 Å². The molecule has 2 aromatic rings. The molecule has 8 heteroatoms. The molecule has 0 aromatic heterocycles. The molecule has 0 aliphatic heterocycles. The molecule has 2 N–H and O–H groups in total. The first-order chi connectivity index (χ1) is 13.3. The molecular weight excluding hydrogens is 383 g/mol. The lowest BCUT2D eigenvalue weighted by molar-refractivity contribution is -0.114. The number of carbonyl (C=O) groups excluding carboxylic acids is 2. The third-order valence-corrected chi connectivity index (χ3v) is 5.29. The highest BCUT2D eigenvalue weighted by Crippen LogP contribution is 2.12. The number of hydrogen-bond donors (Lipinski definition) is 2. The van der Waals surface area contributed by atoms with E-state index in [1.165, 1.54) is 12.1 Å². The van der Waals surface area contributed by atoms with E-state index in [4.69, 9.17) is 0 Å². The summed E-state index contributed by atoms with van der Waals surface area (Å²) in [6.07, 6.45) is 3.11. The molecule has 0 aliphatic rings. The van der Waals surface area contributed by atoms with Gasteiger partial charge in [0.2, 0.25) is 11.8 Å². The van der Waals surface area contributed by atoms with Crippen LogP contribution in [-0.2, 0) is 25.8 Å². The van der Waals surface area contributed by atoms with Gasteiger partial charge in [-0.25, -0.2) is 12.8 Å². The Bertz CT molecular complexity index is 910. The number of aryl methyl sites for hydroxylation is 1. The Morgan fingerprint density at radius 3 is 1.79 bits per heavy atom. The number of carbonyl (C=O) groups is 2. The van der Waals surface area contributed by atoms with Gasteiger partial charge in [0.25, 0.3) is 0 Å². The predicted octanol–water partition coefficient (Wildman–Crippen LogP) is 3.16. The monoisotopic (exact) mass is 406 g/mol.